The van der Waals surface area contributed by atoms with Crippen LogP contribution in [-0.2, 0) is 25.2 Å². The zero-order valence-corrected chi connectivity index (χ0v) is 19.7. The Morgan fingerprint density at radius 3 is 1.47 bits per heavy atom. The number of hydrogen-bond acceptors (Lipinski definition) is 5. The number of allylic oxidation sites excluding steroid dienone is 2. The van der Waals surface area contributed by atoms with Crippen molar-refractivity contribution in [2.45, 2.75) is 78.7 Å². The van der Waals surface area contributed by atoms with Crippen molar-refractivity contribution in [2.75, 3.05) is 0 Å². The monoisotopic (exact) mass is 453 g/mol. The molecule has 0 unspecified atom stereocenters. The zero-order valence-electron chi connectivity index (χ0n) is 19.7. The van der Waals surface area contributed by atoms with Gasteiger partial charge in [-0.3, -0.25) is 0 Å². The molecule has 32 heavy (non-hydrogen) atoms. The second-order valence-corrected chi connectivity index (χ2v) is 9.76. The van der Waals surface area contributed by atoms with Gasteiger partial charge in [0.1, 0.15) is 11.2 Å². The fourth-order valence-corrected chi connectivity index (χ4v) is 3.40. The van der Waals surface area contributed by atoms with E-state index in [0.717, 1.165) is 12.1 Å². The van der Waals surface area contributed by atoms with Crippen LogP contribution in [0.4, 0.5) is 13.2 Å². The lowest BCUT2D eigenvalue weighted by atomic mass is 9.80. The molecule has 1 aromatic rings. The van der Waals surface area contributed by atoms with Crippen LogP contribution in [0.3, 0.4) is 0 Å². The number of carbonyl (C=O) groups excluding carboxylic acids is 2. The van der Waals surface area contributed by atoms with Gasteiger partial charge in [0.2, 0.25) is 0 Å². The lowest BCUT2D eigenvalue weighted by Crippen LogP contribution is -2.36. The molecule has 0 saturated heterocycles. The summed E-state index contributed by atoms with van der Waals surface area (Å²) in [5.74, 6) is -2.29. The Bertz CT molecular complexity index is 909. The smallest absolute Gasteiger partial charge is 0.416 e. The Morgan fingerprint density at radius 1 is 0.781 bits per heavy atom. The van der Waals surface area contributed by atoms with Crippen LogP contribution in [0, 0.1) is 0 Å². The number of carbonyl (C=O) groups is 2. The highest BCUT2D eigenvalue weighted by atomic mass is 19.4. The second kappa shape index (κ2) is 8.64. The molecule has 176 valence electrons. The number of nitrogens with one attached hydrogen (secondary N) is 1. The molecular formula is C24H30F3NO4. The molecule has 0 aromatic heterocycles. The van der Waals surface area contributed by atoms with E-state index in [4.69, 9.17) is 9.47 Å². The number of alkyl halides is 3. The predicted octanol–water partition coefficient (Wildman–Crippen LogP) is 5.62. The molecule has 1 aliphatic rings. The van der Waals surface area contributed by atoms with Crippen molar-refractivity contribution in [3.63, 3.8) is 0 Å². The van der Waals surface area contributed by atoms with Gasteiger partial charge in [-0.15, -0.1) is 0 Å². The summed E-state index contributed by atoms with van der Waals surface area (Å²) in [5, 5.41) is 3.03. The van der Waals surface area contributed by atoms with Gasteiger partial charge in [0.15, 0.2) is 0 Å². The van der Waals surface area contributed by atoms with Crippen molar-refractivity contribution in [1.29, 1.82) is 0 Å². The minimum Gasteiger partial charge on any atom is -0.457 e. The van der Waals surface area contributed by atoms with Gasteiger partial charge in [0.05, 0.1) is 22.6 Å². The van der Waals surface area contributed by atoms with Gasteiger partial charge in [-0.2, -0.15) is 13.2 Å². The molecule has 0 saturated carbocycles. The highest BCUT2D eigenvalue weighted by molar-refractivity contribution is 6.00. The van der Waals surface area contributed by atoms with Crippen LogP contribution < -0.4 is 5.32 Å². The molecule has 8 heteroatoms. The Kier molecular flexibility index (Phi) is 6.88. The molecule has 1 aliphatic heterocycles. The van der Waals surface area contributed by atoms with Crippen molar-refractivity contribution >= 4 is 11.9 Å². The maximum absolute atomic E-state index is 13.1. The van der Waals surface area contributed by atoms with Gasteiger partial charge in [-0.05, 0) is 73.1 Å². The molecular weight excluding hydrogens is 423 g/mol. The standard InChI is InChI=1S/C24H30F3NO4/c1-13-17(20(29)31-22(3,4)5)19(15-9-11-16(12-10-15)24(25,26)27)18(14(2)28-13)21(30)32-23(6,7)8/h9-12,19,28H,1-8H3. The summed E-state index contributed by atoms with van der Waals surface area (Å²) in [6.07, 6.45) is -4.51. The molecule has 0 radical (unpaired) electrons. The van der Waals surface area contributed by atoms with E-state index >= 15 is 0 Å². The first kappa shape index (κ1) is 25.5. The third-order valence-electron chi connectivity index (χ3n) is 4.57. The first-order valence-corrected chi connectivity index (χ1v) is 10.2. The summed E-state index contributed by atoms with van der Waals surface area (Å²) in [4.78, 5) is 26.2. The van der Waals surface area contributed by atoms with Crippen molar-refractivity contribution in [1.82, 2.24) is 5.32 Å². The lowest BCUT2D eigenvalue weighted by molar-refractivity contribution is -0.151. The first-order chi connectivity index (χ1) is 14.4. The molecule has 0 spiro atoms. The summed E-state index contributed by atoms with van der Waals surface area (Å²) in [7, 11) is 0. The van der Waals surface area contributed by atoms with Crippen LogP contribution in [0.25, 0.3) is 0 Å². The number of ether oxygens (including phenoxy) is 2. The van der Waals surface area contributed by atoms with E-state index < -0.39 is 40.8 Å². The molecule has 5 nitrogen and oxygen atoms in total. The third-order valence-corrected chi connectivity index (χ3v) is 4.57. The van der Waals surface area contributed by atoms with E-state index in [1.54, 1.807) is 55.4 Å². The van der Waals surface area contributed by atoms with Crippen molar-refractivity contribution in [3.8, 4) is 0 Å². The quantitative estimate of drug-likeness (QED) is 0.602. The fourth-order valence-electron chi connectivity index (χ4n) is 3.40. The largest absolute Gasteiger partial charge is 0.457 e. The Balaban J connectivity index is 2.66. The van der Waals surface area contributed by atoms with Crippen molar-refractivity contribution in [3.05, 3.63) is 57.9 Å². The van der Waals surface area contributed by atoms with Gasteiger partial charge in [0, 0.05) is 11.4 Å². The van der Waals surface area contributed by atoms with Crippen LogP contribution >= 0.6 is 0 Å². The van der Waals surface area contributed by atoms with Crippen LogP contribution in [0.2, 0.25) is 0 Å². The first-order valence-electron chi connectivity index (χ1n) is 10.2. The molecule has 2 rings (SSSR count). The number of halogens is 3. The molecule has 1 heterocycles. The van der Waals surface area contributed by atoms with Gasteiger partial charge in [-0.25, -0.2) is 9.59 Å². The summed E-state index contributed by atoms with van der Waals surface area (Å²) in [6.45, 7) is 13.6. The normalized spacial score (nSPS) is 16.1. The van der Waals surface area contributed by atoms with Crippen LogP contribution in [0.5, 0.6) is 0 Å². The van der Waals surface area contributed by atoms with Gasteiger partial charge in [-0.1, -0.05) is 12.1 Å². The Hall–Kier alpha value is -2.77. The zero-order chi connectivity index (χ0) is 24.6. The SMILES string of the molecule is CC1=C(C(=O)OC(C)(C)C)C(c2ccc(C(F)(F)F)cc2)C(C(=O)OC(C)(C)C)=C(C)N1. The molecule has 0 bridgehead atoms. The van der Waals surface area contributed by atoms with Crippen molar-refractivity contribution in [2.24, 2.45) is 0 Å². The van der Waals surface area contributed by atoms with E-state index in [1.807, 2.05) is 0 Å². The minimum absolute atomic E-state index is 0.145. The second-order valence-electron chi connectivity index (χ2n) is 9.76. The Morgan fingerprint density at radius 2 is 1.16 bits per heavy atom. The van der Waals surface area contributed by atoms with E-state index in [2.05, 4.69) is 5.32 Å². The number of rotatable bonds is 3. The minimum atomic E-state index is -4.51. The van der Waals surface area contributed by atoms with Crippen molar-refractivity contribution < 1.29 is 32.2 Å². The van der Waals surface area contributed by atoms with E-state index in [0.29, 0.717) is 17.0 Å². The summed E-state index contributed by atoms with van der Waals surface area (Å²) in [6, 6.07) is 4.41. The molecule has 0 fully saturated rings. The van der Waals surface area contributed by atoms with E-state index in [9.17, 15) is 22.8 Å². The summed E-state index contributed by atoms with van der Waals surface area (Å²) < 4.78 is 50.4. The van der Waals surface area contributed by atoms with E-state index in [-0.39, 0.29) is 11.1 Å². The van der Waals surface area contributed by atoms with Crippen LogP contribution in [0.1, 0.15) is 72.4 Å². The highest BCUT2D eigenvalue weighted by Gasteiger charge is 2.40. The lowest BCUT2D eigenvalue weighted by Gasteiger charge is -2.33. The fraction of sp³-hybridized carbons (Fsp3) is 0.500. The average Bonchev–Trinajstić information content (AvgIpc) is 2.57. The average molecular weight is 454 g/mol. The topological polar surface area (TPSA) is 64.6 Å². The highest BCUT2D eigenvalue weighted by Crippen LogP contribution is 2.41. The van der Waals surface area contributed by atoms with Crippen LogP contribution in [-0.4, -0.2) is 23.1 Å². The molecule has 0 amide bonds. The number of benzene rings is 1. The molecule has 1 N–H and O–H groups in total. The van der Waals surface area contributed by atoms with Crippen LogP contribution in [0.15, 0.2) is 46.8 Å². The summed E-state index contributed by atoms with van der Waals surface area (Å²) >= 11 is 0. The third kappa shape index (κ3) is 6.14. The Labute approximate surface area is 186 Å². The summed E-state index contributed by atoms with van der Waals surface area (Å²) in [5.41, 5.74) is -0.899. The maximum Gasteiger partial charge on any atom is 0.416 e. The number of hydrogen-bond donors (Lipinski definition) is 1. The van der Waals surface area contributed by atoms with Gasteiger partial charge in [0.25, 0.3) is 0 Å². The predicted molar refractivity (Wildman–Crippen MR) is 114 cm³/mol. The number of esters is 2. The maximum atomic E-state index is 13.1. The molecule has 1 aromatic carbocycles. The molecule has 0 aliphatic carbocycles. The van der Waals surface area contributed by atoms with Gasteiger partial charge < -0.3 is 14.8 Å². The van der Waals surface area contributed by atoms with Gasteiger partial charge >= 0.3 is 18.1 Å². The number of dihydropyridines is 1. The molecule has 0 atom stereocenters. The van der Waals surface area contributed by atoms with E-state index in [1.165, 1.54) is 12.1 Å².